The number of aryl methyl sites for hydroxylation is 2. The Morgan fingerprint density at radius 1 is 0.892 bits per heavy atom. The zero-order chi connectivity index (χ0) is 26.2. The molecule has 2 aromatic carbocycles. The number of imide groups is 1. The van der Waals surface area contributed by atoms with Gasteiger partial charge in [-0.25, -0.2) is 0 Å². The first kappa shape index (κ1) is 23.3. The van der Waals surface area contributed by atoms with E-state index >= 15 is 0 Å². The van der Waals surface area contributed by atoms with Crippen LogP contribution in [0.1, 0.15) is 42.4 Å². The molecule has 0 spiro atoms. The summed E-state index contributed by atoms with van der Waals surface area (Å²) in [5.74, 6) is -2.62. The molecular weight excluding hydrogens is 466 g/mol. The standard InChI is InChI=1S/C31H27NO5/c1-15-11-18(12-16(2)28(15)34)25-20-9-10-21-26(31(37)32(30(21)36)19-7-5-4-6-8-19)22(20)14-23-27(25)24(33)13-17(3)29(23)35/h4-9,11-13,21-22,25-26,34H,10,14H2,1-3H3/t21-,22+,25-,26-/m0/s1. The van der Waals surface area contributed by atoms with Gasteiger partial charge in [0.1, 0.15) is 5.75 Å². The first-order valence-electron chi connectivity index (χ1n) is 12.6. The van der Waals surface area contributed by atoms with Gasteiger partial charge in [0.15, 0.2) is 11.6 Å². The molecule has 6 rings (SSSR count). The van der Waals surface area contributed by atoms with Gasteiger partial charge in [0.05, 0.1) is 17.5 Å². The fourth-order valence-corrected chi connectivity index (χ4v) is 6.75. The lowest BCUT2D eigenvalue weighted by Gasteiger charge is -2.42. The van der Waals surface area contributed by atoms with Gasteiger partial charge in [-0.05, 0) is 74.4 Å². The molecule has 2 amide bonds. The number of ketones is 2. The molecule has 2 aromatic rings. The van der Waals surface area contributed by atoms with Crippen molar-refractivity contribution in [1.82, 2.24) is 0 Å². The van der Waals surface area contributed by atoms with Crippen LogP contribution in [-0.4, -0.2) is 28.5 Å². The predicted octanol–water partition coefficient (Wildman–Crippen LogP) is 4.64. The van der Waals surface area contributed by atoms with Crippen molar-refractivity contribution in [2.75, 3.05) is 4.90 Å². The van der Waals surface area contributed by atoms with E-state index in [4.69, 9.17) is 0 Å². The molecule has 4 aliphatic rings. The number of anilines is 1. The normalized spacial score (nSPS) is 27.1. The molecule has 1 saturated heterocycles. The van der Waals surface area contributed by atoms with Crippen molar-refractivity contribution in [1.29, 1.82) is 0 Å². The summed E-state index contributed by atoms with van der Waals surface area (Å²) in [6.07, 6.45) is 4.07. The van der Waals surface area contributed by atoms with Gasteiger partial charge in [-0.3, -0.25) is 24.1 Å². The minimum atomic E-state index is -0.599. The lowest BCUT2D eigenvalue weighted by atomic mass is 9.59. The molecule has 6 nitrogen and oxygen atoms in total. The quantitative estimate of drug-likeness (QED) is 0.374. The molecule has 3 aliphatic carbocycles. The second kappa shape index (κ2) is 8.23. The number of carbonyl (C=O) groups is 4. The van der Waals surface area contributed by atoms with Crippen molar-refractivity contribution in [3.8, 4) is 5.75 Å². The van der Waals surface area contributed by atoms with Gasteiger partial charge in [-0.15, -0.1) is 0 Å². The number of carbonyl (C=O) groups excluding carboxylic acids is 4. The number of hydrogen-bond acceptors (Lipinski definition) is 5. The summed E-state index contributed by atoms with van der Waals surface area (Å²) in [5.41, 5.74) is 4.91. The average molecular weight is 494 g/mol. The molecule has 1 aliphatic heterocycles. The SMILES string of the molecule is CC1=CC(=O)C2=C(C[C@@H]3C(=CC[C@@H]4C(=O)N(c5ccccc5)C(=O)[C@@H]43)[C@@H]2c2cc(C)c(O)c(C)c2)C1=O. The number of nitrogens with zero attached hydrogens (tertiary/aromatic N) is 1. The van der Waals surface area contributed by atoms with Crippen molar-refractivity contribution in [2.24, 2.45) is 17.8 Å². The highest BCUT2D eigenvalue weighted by molar-refractivity contribution is 6.25. The van der Waals surface area contributed by atoms with Crippen LogP contribution >= 0.6 is 0 Å². The maximum absolute atomic E-state index is 13.8. The molecule has 1 heterocycles. The molecule has 0 radical (unpaired) electrons. The molecule has 186 valence electrons. The Bertz CT molecular complexity index is 1490. The number of phenolic OH excluding ortho intramolecular Hbond substituents is 1. The van der Waals surface area contributed by atoms with Crippen LogP contribution < -0.4 is 4.90 Å². The number of fused-ring (bicyclic) bond motifs is 3. The smallest absolute Gasteiger partial charge is 0.238 e. The molecule has 6 heteroatoms. The Morgan fingerprint density at radius 3 is 2.24 bits per heavy atom. The predicted molar refractivity (Wildman–Crippen MR) is 138 cm³/mol. The van der Waals surface area contributed by atoms with E-state index in [1.165, 1.54) is 11.0 Å². The van der Waals surface area contributed by atoms with Gasteiger partial charge in [0, 0.05) is 22.6 Å². The number of hydrogen-bond donors (Lipinski definition) is 1. The Hall–Kier alpha value is -4.06. The molecule has 37 heavy (non-hydrogen) atoms. The molecule has 0 saturated carbocycles. The van der Waals surface area contributed by atoms with Gasteiger partial charge in [-0.1, -0.05) is 42.0 Å². The number of phenols is 1. The van der Waals surface area contributed by atoms with Gasteiger partial charge < -0.3 is 5.11 Å². The van der Waals surface area contributed by atoms with Crippen LogP contribution in [0.2, 0.25) is 0 Å². The number of Topliss-reactive ketones (excluding diaryl/α,β-unsaturated/α-hetero) is 1. The van der Waals surface area contributed by atoms with E-state index in [2.05, 4.69) is 0 Å². The van der Waals surface area contributed by atoms with Crippen LogP contribution in [0.15, 0.2) is 76.9 Å². The second-order valence-electron chi connectivity index (χ2n) is 10.6. The third kappa shape index (κ3) is 3.31. The third-order valence-electron chi connectivity index (χ3n) is 8.42. The van der Waals surface area contributed by atoms with E-state index in [1.807, 2.05) is 38.1 Å². The molecule has 0 aromatic heterocycles. The molecule has 0 unspecified atom stereocenters. The minimum Gasteiger partial charge on any atom is -0.507 e. The fourth-order valence-electron chi connectivity index (χ4n) is 6.75. The Kier molecular flexibility index (Phi) is 5.19. The Morgan fingerprint density at radius 2 is 1.57 bits per heavy atom. The Balaban J connectivity index is 1.52. The zero-order valence-electron chi connectivity index (χ0n) is 20.9. The van der Waals surface area contributed by atoms with E-state index < -0.39 is 17.8 Å². The summed E-state index contributed by atoms with van der Waals surface area (Å²) < 4.78 is 0. The first-order chi connectivity index (χ1) is 17.7. The highest BCUT2D eigenvalue weighted by atomic mass is 16.3. The van der Waals surface area contributed by atoms with Crippen molar-refractivity contribution in [2.45, 2.75) is 39.5 Å². The van der Waals surface area contributed by atoms with Crippen LogP contribution in [0.5, 0.6) is 5.75 Å². The number of amides is 2. The van der Waals surface area contributed by atoms with E-state index in [0.717, 1.165) is 11.1 Å². The van der Waals surface area contributed by atoms with E-state index in [1.54, 1.807) is 31.2 Å². The molecule has 1 fully saturated rings. The van der Waals surface area contributed by atoms with Crippen molar-refractivity contribution in [3.63, 3.8) is 0 Å². The number of rotatable bonds is 2. The molecule has 0 bridgehead atoms. The van der Waals surface area contributed by atoms with Crippen LogP contribution in [-0.2, 0) is 19.2 Å². The van der Waals surface area contributed by atoms with E-state index in [9.17, 15) is 24.3 Å². The fraction of sp³-hybridized carbons (Fsp3) is 0.290. The van der Waals surface area contributed by atoms with Crippen molar-refractivity contribution < 1.29 is 24.3 Å². The van der Waals surface area contributed by atoms with Gasteiger partial charge in [-0.2, -0.15) is 0 Å². The summed E-state index contributed by atoms with van der Waals surface area (Å²) in [6.45, 7) is 5.26. The maximum Gasteiger partial charge on any atom is 0.238 e. The van der Waals surface area contributed by atoms with Crippen molar-refractivity contribution >= 4 is 29.1 Å². The van der Waals surface area contributed by atoms with Gasteiger partial charge in [0.2, 0.25) is 11.8 Å². The number of para-hydroxylation sites is 1. The molecular formula is C31H27NO5. The lowest BCUT2D eigenvalue weighted by Crippen LogP contribution is -2.39. The van der Waals surface area contributed by atoms with Gasteiger partial charge >= 0.3 is 0 Å². The number of aromatic hydroxyl groups is 1. The maximum atomic E-state index is 13.8. The molecule has 1 N–H and O–H groups in total. The highest BCUT2D eigenvalue weighted by Crippen LogP contribution is 2.55. The average Bonchev–Trinajstić information content (AvgIpc) is 3.14. The number of allylic oxidation sites excluding steroid dienone is 6. The van der Waals surface area contributed by atoms with Crippen LogP contribution in [0.3, 0.4) is 0 Å². The van der Waals surface area contributed by atoms with Gasteiger partial charge in [0.25, 0.3) is 0 Å². The summed E-state index contributed by atoms with van der Waals surface area (Å²) in [4.78, 5) is 55.3. The van der Waals surface area contributed by atoms with E-state index in [-0.39, 0.29) is 41.5 Å². The largest absolute Gasteiger partial charge is 0.507 e. The lowest BCUT2D eigenvalue weighted by molar-refractivity contribution is -0.123. The second-order valence-corrected chi connectivity index (χ2v) is 10.6. The number of benzene rings is 2. The van der Waals surface area contributed by atoms with E-state index in [0.29, 0.717) is 40.0 Å². The van der Waals surface area contributed by atoms with Crippen LogP contribution in [0, 0.1) is 31.6 Å². The summed E-state index contributed by atoms with van der Waals surface area (Å²) in [5, 5.41) is 10.4. The van der Waals surface area contributed by atoms with Crippen LogP contribution in [0.4, 0.5) is 5.69 Å². The summed E-state index contributed by atoms with van der Waals surface area (Å²) in [7, 11) is 0. The summed E-state index contributed by atoms with van der Waals surface area (Å²) in [6, 6.07) is 12.7. The monoisotopic (exact) mass is 493 g/mol. The Labute approximate surface area is 215 Å². The highest BCUT2D eigenvalue weighted by Gasteiger charge is 2.56. The topological polar surface area (TPSA) is 91.8 Å². The first-order valence-corrected chi connectivity index (χ1v) is 12.6. The molecule has 4 atom stereocenters. The van der Waals surface area contributed by atoms with Crippen LogP contribution in [0.25, 0.3) is 0 Å². The summed E-state index contributed by atoms with van der Waals surface area (Å²) >= 11 is 0. The third-order valence-corrected chi connectivity index (χ3v) is 8.42. The van der Waals surface area contributed by atoms with Crippen molar-refractivity contribution in [3.05, 3.63) is 93.6 Å². The minimum absolute atomic E-state index is 0.176. The zero-order valence-corrected chi connectivity index (χ0v) is 20.9.